The summed E-state index contributed by atoms with van der Waals surface area (Å²) in [6, 6.07) is -12.4. The summed E-state index contributed by atoms with van der Waals surface area (Å²) in [7, 11) is 0. The number of hydrogen-bond acceptors (Lipinski definition) is 17. The van der Waals surface area contributed by atoms with Crippen molar-refractivity contribution in [1.29, 1.82) is 0 Å². The number of carbonyl (C=O) groups excluding carboxylic acids is 9. The summed E-state index contributed by atoms with van der Waals surface area (Å²) in [6.07, 6.45) is -3.42. The molecular formula is C41H78N18O13. The molecule has 410 valence electrons. The Morgan fingerprint density at radius 2 is 0.792 bits per heavy atom. The van der Waals surface area contributed by atoms with Crippen molar-refractivity contribution in [2.75, 3.05) is 26.2 Å². The van der Waals surface area contributed by atoms with Gasteiger partial charge in [-0.05, 0) is 97.6 Å². The Kier molecular flexibility index (Phi) is 31.8. The van der Waals surface area contributed by atoms with Crippen LogP contribution in [0.15, 0.2) is 9.98 Å². The van der Waals surface area contributed by atoms with Crippen molar-refractivity contribution >= 4 is 71.1 Å². The zero-order valence-corrected chi connectivity index (χ0v) is 40.8. The number of nitrogens with zero attached hydrogens (tertiary/aromatic N) is 2. The molecule has 0 unspecified atom stereocenters. The van der Waals surface area contributed by atoms with E-state index in [4.69, 9.17) is 51.6 Å². The number of guanidine groups is 2. The maximum Gasteiger partial charge on any atom is 0.328 e. The van der Waals surface area contributed by atoms with Crippen molar-refractivity contribution in [3.8, 4) is 0 Å². The number of nitrogens with two attached hydrogens (primary N) is 9. The van der Waals surface area contributed by atoms with Crippen LogP contribution in [0.1, 0.15) is 97.3 Å². The van der Waals surface area contributed by atoms with Crippen molar-refractivity contribution in [3.63, 3.8) is 0 Å². The van der Waals surface area contributed by atoms with E-state index < -0.39 is 126 Å². The van der Waals surface area contributed by atoms with E-state index in [1.807, 2.05) is 5.32 Å². The second-order valence-corrected chi connectivity index (χ2v) is 16.8. The first-order valence-corrected chi connectivity index (χ1v) is 23.3. The number of amides is 9. The molecule has 0 radical (unpaired) electrons. The van der Waals surface area contributed by atoms with Crippen molar-refractivity contribution in [1.82, 2.24) is 37.2 Å². The van der Waals surface area contributed by atoms with Crippen molar-refractivity contribution in [2.45, 2.75) is 158 Å². The van der Waals surface area contributed by atoms with Crippen LogP contribution < -0.4 is 88.8 Å². The third-order valence-electron chi connectivity index (χ3n) is 10.5. The SMILES string of the molecule is C[C@@H](O)[C@H](NC(=O)[C@H](CC(N)=O)NC(=O)[C@H](CCCN=C(N)N)NC(=O)[C@H](CCCCN)NC(=O)[C@@H](NC(=O)[C@H](CCCCN)NC(=O)[C@H](CCCN=C(N)N)NC(=O)[C@@H](N)CCC(N)=O)[C@@H](C)O)C(=O)O. The van der Waals surface area contributed by atoms with Gasteiger partial charge in [0.05, 0.1) is 24.7 Å². The molecule has 9 amide bonds. The highest BCUT2D eigenvalue weighted by Gasteiger charge is 2.36. The van der Waals surface area contributed by atoms with Crippen LogP contribution in [0.25, 0.3) is 0 Å². The lowest BCUT2D eigenvalue weighted by atomic mass is 10.0. The number of unbranched alkanes of at least 4 members (excludes halogenated alkanes) is 2. The number of aliphatic carboxylic acids is 1. The molecule has 10 atom stereocenters. The molecule has 31 nitrogen and oxygen atoms in total. The highest BCUT2D eigenvalue weighted by atomic mass is 16.4. The van der Waals surface area contributed by atoms with Gasteiger partial charge in [0.2, 0.25) is 53.2 Å². The van der Waals surface area contributed by atoms with E-state index in [0.29, 0.717) is 12.8 Å². The highest BCUT2D eigenvalue weighted by molar-refractivity contribution is 5.98. The third kappa shape index (κ3) is 27.4. The van der Waals surface area contributed by atoms with Gasteiger partial charge < -0.3 is 104 Å². The van der Waals surface area contributed by atoms with E-state index in [0.717, 1.165) is 13.8 Å². The minimum atomic E-state index is -1.86. The number of carboxylic acids is 1. The second kappa shape index (κ2) is 35.2. The maximum absolute atomic E-state index is 14.1. The smallest absolute Gasteiger partial charge is 0.328 e. The summed E-state index contributed by atoms with van der Waals surface area (Å²) in [6.45, 7) is 2.62. The standard InChI is InChI=1S/C41H78N18O13/c1-20(60)30(58-36(68)24(10-4-6-16-43)54-34(66)25(11-7-17-51-40(47)48)53-32(64)22(44)13-14-28(45)62)38(70)56-23(9-3-5-15-42)33(65)55-26(12-8-18-52-41(49)50)35(67)57-27(19-29(46)63)37(69)59-31(21(2)61)39(71)72/h20-27,30-31,60-61H,3-19,42-44H2,1-2H3,(H2,45,62)(H2,46,63)(H,53,64)(H,54,66)(H,55,65)(H,56,70)(H,57,67)(H,58,68)(H,59,69)(H,71,72)(H4,47,48,51)(H4,49,50,52)/t20-,21-,22+,23+,24+,25+,26+,27+,30+,31+/m1/s1. The number of carbonyl (C=O) groups is 10. The first kappa shape index (κ1) is 65.0. The fraction of sp³-hybridized carbons (Fsp3) is 0.707. The summed E-state index contributed by atoms with van der Waals surface area (Å²) in [5.74, 6) is -11.0. The zero-order valence-electron chi connectivity index (χ0n) is 40.8. The number of primary amides is 2. The maximum atomic E-state index is 14.1. The summed E-state index contributed by atoms with van der Waals surface area (Å²) in [5.41, 5.74) is 49.4. The molecule has 0 spiro atoms. The molecular weight excluding hydrogens is 953 g/mol. The normalized spacial score (nSPS) is 15.1. The predicted molar refractivity (Wildman–Crippen MR) is 260 cm³/mol. The van der Waals surface area contributed by atoms with Gasteiger partial charge in [-0.15, -0.1) is 0 Å². The minimum Gasteiger partial charge on any atom is -0.480 e. The Morgan fingerprint density at radius 3 is 1.15 bits per heavy atom. The fourth-order valence-electron chi connectivity index (χ4n) is 6.57. The molecule has 0 bridgehead atoms. The van der Waals surface area contributed by atoms with E-state index >= 15 is 0 Å². The zero-order chi connectivity index (χ0) is 55.1. The Hall–Kier alpha value is -6.96. The first-order chi connectivity index (χ1) is 33.7. The van der Waals surface area contributed by atoms with Crippen LogP contribution in [-0.4, -0.2) is 173 Å². The molecule has 0 aliphatic heterocycles. The molecule has 0 aliphatic rings. The molecule has 0 fully saturated rings. The van der Waals surface area contributed by atoms with Gasteiger partial charge in [-0.3, -0.25) is 53.1 Å². The lowest BCUT2D eigenvalue weighted by Crippen LogP contribution is -2.62. The van der Waals surface area contributed by atoms with Gasteiger partial charge in [0.1, 0.15) is 36.3 Å². The quantitative estimate of drug-likeness (QED) is 0.0155. The van der Waals surface area contributed by atoms with Crippen molar-refractivity contribution < 1.29 is 63.3 Å². The average molecular weight is 1030 g/mol. The number of nitrogens with one attached hydrogen (secondary N) is 7. The van der Waals surface area contributed by atoms with Crippen LogP contribution in [0.3, 0.4) is 0 Å². The van der Waals surface area contributed by atoms with E-state index in [2.05, 4.69) is 41.9 Å². The fourth-order valence-corrected chi connectivity index (χ4v) is 6.57. The molecule has 0 aliphatic carbocycles. The monoisotopic (exact) mass is 1030 g/mol. The Balaban J connectivity index is 6.78. The molecule has 0 rings (SSSR count). The average Bonchev–Trinajstić information content (AvgIpc) is 3.28. The number of carboxylic acid groups (broad SMARTS) is 1. The molecule has 72 heavy (non-hydrogen) atoms. The largest absolute Gasteiger partial charge is 0.480 e. The van der Waals surface area contributed by atoms with Crippen LogP contribution in [0.5, 0.6) is 0 Å². The summed E-state index contributed by atoms with van der Waals surface area (Å²) < 4.78 is 0. The number of rotatable bonds is 38. The summed E-state index contributed by atoms with van der Waals surface area (Å²) in [5, 5.41) is 46.8. The van der Waals surface area contributed by atoms with E-state index in [1.54, 1.807) is 0 Å². The van der Waals surface area contributed by atoms with Gasteiger partial charge in [-0.25, -0.2) is 4.79 Å². The Bertz CT molecular complexity index is 1860. The molecule has 0 saturated carbocycles. The van der Waals surface area contributed by atoms with Gasteiger partial charge in [-0.1, -0.05) is 0 Å². The molecule has 0 aromatic heterocycles. The van der Waals surface area contributed by atoms with Gasteiger partial charge in [0.25, 0.3) is 0 Å². The van der Waals surface area contributed by atoms with Crippen LogP contribution in [0, 0.1) is 0 Å². The van der Waals surface area contributed by atoms with Crippen LogP contribution in [0.4, 0.5) is 0 Å². The molecule has 28 N–H and O–H groups in total. The van der Waals surface area contributed by atoms with Crippen LogP contribution >= 0.6 is 0 Å². The van der Waals surface area contributed by atoms with Gasteiger partial charge in [0, 0.05) is 19.5 Å². The van der Waals surface area contributed by atoms with E-state index in [9.17, 15) is 63.3 Å². The third-order valence-corrected chi connectivity index (χ3v) is 10.5. The topological polar surface area (TPSA) is 574 Å². The molecule has 0 saturated heterocycles. The lowest BCUT2D eigenvalue weighted by Gasteiger charge is -2.29. The summed E-state index contributed by atoms with van der Waals surface area (Å²) >= 11 is 0. The van der Waals surface area contributed by atoms with Gasteiger partial charge >= 0.3 is 5.97 Å². The number of aliphatic imine (C=N–C) groups is 2. The summed E-state index contributed by atoms with van der Waals surface area (Å²) in [4.78, 5) is 138. The van der Waals surface area contributed by atoms with E-state index in [-0.39, 0.29) is 102 Å². The van der Waals surface area contributed by atoms with Crippen LogP contribution in [-0.2, 0) is 47.9 Å². The first-order valence-electron chi connectivity index (χ1n) is 23.3. The Morgan fingerprint density at radius 1 is 0.444 bits per heavy atom. The molecule has 0 heterocycles. The molecule has 31 heteroatoms. The van der Waals surface area contributed by atoms with Crippen LogP contribution in [0.2, 0.25) is 0 Å². The lowest BCUT2D eigenvalue weighted by molar-refractivity contribution is -0.145. The minimum absolute atomic E-state index is 0.0327. The number of aliphatic hydroxyl groups is 2. The van der Waals surface area contributed by atoms with E-state index in [1.165, 1.54) is 0 Å². The second-order valence-electron chi connectivity index (χ2n) is 16.8. The number of hydrogen-bond donors (Lipinski definition) is 19. The van der Waals surface area contributed by atoms with Crippen molar-refractivity contribution in [3.05, 3.63) is 0 Å². The molecule has 0 aromatic rings. The molecule has 0 aromatic carbocycles. The van der Waals surface area contributed by atoms with Gasteiger partial charge in [-0.2, -0.15) is 0 Å². The highest BCUT2D eigenvalue weighted by Crippen LogP contribution is 2.10. The predicted octanol–water partition coefficient (Wildman–Crippen LogP) is -8.94. The van der Waals surface area contributed by atoms with Gasteiger partial charge in [0.15, 0.2) is 18.0 Å². The number of aliphatic hydroxyl groups excluding tert-OH is 2. The van der Waals surface area contributed by atoms with Crippen molar-refractivity contribution in [2.24, 2.45) is 61.6 Å². The Labute approximate surface area is 416 Å².